The number of aromatic nitrogens is 2. The van der Waals surface area contributed by atoms with E-state index in [9.17, 15) is 24.3 Å². The van der Waals surface area contributed by atoms with Gasteiger partial charge in [-0.25, -0.2) is 4.79 Å². The maximum atomic E-state index is 12.6. The zero-order valence-corrected chi connectivity index (χ0v) is 16.9. The molecule has 10 nitrogen and oxygen atoms in total. The van der Waals surface area contributed by atoms with E-state index in [1.54, 1.807) is 30.3 Å². The zero-order chi connectivity index (χ0) is 22.4. The van der Waals surface area contributed by atoms with Crippen molar-refractivity contribution in [3.8, 4) is 0 Å². The average molecular weight is 429 g/mol. The third-order valence-corrected chi connectivity index (χ3v) is 4.82. The molecule has 3 rings (SSSR count). The highest BCUT2D eigenvalue weighted by Crippen LogP contribution is 2.27. The highest BCUT2D eigenvalue weighted by atomic mass is 16.6. The lowest BCUT2D eigenvalue weighted by Crippen LogP contribution is -2.39. The second-order valence-electron chi connectivity index (χ2n) is 7.10. The Bertz CT molecular complexity index is 1010. The number of nitrogens with zero attached hydrogens (tertiary/aromatic N) is 2. The largest absolute Gasteiger partial charge is 0.457 e. The smallest absolute Gasteiger partial charge is 0.349 e. The normalized spacial score (nSPS) is 20.3. The number of benzene rings is 1. The number of carbonyl (C=O) groups is 3. The lowest BCUT2D eigenvalue weighted by molar-refractivity contribution is -0.155. The van der Waals surface area contributed by atoms with Gasteiger partial charge in [-0.05, 0) is 25.1 Å². The van der Waals surface area contributed by atoms with Gasteiger partial charge in [0.05, 0.1) is 19.6 Å². The SMILES string of the molecule is CC(=O)CCC(=O)O[C@H]1C(n2ccc(NC(=O)c3ccccc3)nc2=O)CO[C@@H]1CO. The molecule has 1 aromatic heterocycles. The summed E-state index contributed by atoms with van der Waals surface area (Å²) in [5, 5.41) is 12.1. The molecule has 1 fully saturated rings. The molecular formula is C21H23N3O7. The first-order valence-electron chi connectivity index (χ1n) is 9.76. The fourth-order valence-corrected chi connectivity index (χ4v) is 3.21. The number of carbonyl (C=O) groups excluding carboxylic acids is 3. The predicted octanol–water partition coefficient (Wildman–Crippen LogP) is 0.709. The van der Waals surface area contributed by atoms with Gasteiger partial charge in [-0.15, -0.1) is 0 Å². The molecule has 0 aliphatic carbocycles. The first kappa shape index (κ1) is 22.3. The Morgan fingerprint density at radius 1 is 1.23 bits per heavy atom. The maximum absolute atomic E-state index is 12.6. The van der Waals surface area contributed by atoms with E-state index >= 15 is 0 Å². The lowest BCUT2D eigenvalue weighted by atomic mass is 10.1. The van der Waals surface area contributed by atoms with Crippen molar-refractivity contribution < 1.29 is 29.0 Å². The number of hydrogen-bond acceptors (Lipinski definition) is 8. The van der Waals surface area contributed by atoms with Gasteiger partial charge in [-0.2, -0.15) is 4.98 Å². The molecule has 1 amide bonds. The van der Waals surface area contributed by atoms with Crippen molar-refractivity contribution in [3.05, 3.63) is 58.6 Å². The lowest BCUT2D eigenvalue weighted by Gasteiger charge is -2.23. The number of ketones is 1. The summed E-state index contributed by atoms with van der Waals surface area (Å²) >= 11 is 0. The second-order valence-corrected chi connectivity index (χ2v) is 7.10. The minimum atomic E-state index is -0.922. The van der Waals surface area contributed by atoms with E-state index in [0.717, 1.165) is 0 Å². The van der Waals surface area contributed by atoms with Crippen molar-refractivity contribution in [1.82, 2.24) is 9.55 Å². The van der Waals surface area contributed by atoms with Gasteiger partial charge in [-0.3, -0.25) is 14.2 Å². The predicted molar refractivity (Wildman–Crippen MR) is 109 cm³/mol. The molecule has 10 heteroatoms. The standard InChI is InChI=1S/C21H23N3O7/c1-13(26)7-8-18(27)31-19-15(12-30-16(19)11-25)24-10-9-17(23-21(24)29)22-20(28)14-5-3-2-4-6-14/h2-6,9-10,15-16,19,25H,7-8,11-12H2,1H3,(H,22,23,28,29)/t15?,16-,19+/m1/s1. The zero-order valence-electron chi connectivity index (χ0n) is 16.9. The molecule has 1 aliphatic rings. The number of aliphatic hydroxyl groups excluding tert-OH is 1. The second kappa shape index (κ2) is 10.1. The first-order chi connectivity index (χ1) is 14.9. The highest BCUT2D eigenvalue weighted by molar-refractivity contribution is 6.03. The number of aliphatic hydroxyl groups is 1. The molecule has 2 heterocycles. The quantitative estimate of drug-likeness (QED) is 0.586. The fraction of sp³-hybridized carbons (Fsp3) is 0.381. The molecule has 0 saturated carbocycles. The first-order valence-corrected chi connectivity index (χ1v) is 9.76. The molecule has 0 spiro atoms. The summed E-state index contributed by atoms with van der Waals surface area (Å²) in [7, 11) is 0. The Balaban J connectivity index is 1.74. The maximum Gasteiger partial charge on any atom is 0.349 e. The van der Waals surface area contributed by atoms with Crippen LogP contribution >= 0.6 is 0 Å². The van der Waals surface area contributed by atoms with Gasteiger partial charge in [-0.1, -0.05) is 18.2 Å². The van der Waals surface area contributed by atoms with Crippen molar-refractivity contribution in [2.75, 3.05) is 18.5 Å². The molecule has 1 aliphatic heterocycles. The summed E-state index contributed by atoms with van der Waals surface area (Å²) in [5.74, 6) is -1.11. The third kappa shape index (κ3) is 5.62. The van der Waals surface area contributed by atoms with Gasteiger partial charge in [0, 0.05) is 18.2 Å². The minimum Gasteiger partial charge on any atom is -0.457 e. The highest BCUT2D eigenvalue weighted by Gasteiger charge is 2.41. The monoisotopic (exact) mass is 429 g/mol. The third-order valence-electron chi connectivity index (χ3n) is 4.82. The van der Waals surface area contributed by atoms with Crippen LogP contribution in [0.5, 0.6) is 0 Å². The summed E-state index contributed by atoms with van der Waals surface area (Å²) in [6, 6.07) is 9.22. The van der Waals surface area contributed by atoms with E-state index in [-0.39, 0.29) is 31.0 Å². The van der Waals surface area contributed by atoms with Crippen molar-refractivity contribution in [2.24, 2.45) is 0 Å². The molecule has 1 aromatic carbocycles. The number of nitrogens with one attached hydrogen (secondary N) is 1. The van der Waals surface area contributed by atoms with Gasteiger partial charge in [0.2, 0.25) is 0 Å². The Labute approximate surface area is 177 Å². The van der Waals surface area contributed by atoms with E-state index < -0.39 is 42.4 Å². The number of rotatable bonds is 8. The Hall–Kier alpha value is -3.37. The van der Waals surface area contributed by atoms with Crippen molar-refractivity contribution in [3.63, 3.8) is 0 Å². The number of anilines is 1. The van der Waals surface area contributed by atoms with Gasteiger partial charge in [0.15, 0.2) is 6.10 Å². The van der Waals surface area contributed by atoms with Crippen LogP contribution in [-0.2, 0) is 19.1 Å². The molecule has 0 radical (unpaired) electrons. The molecule has 2 aromatic rings. The fourth-order valence-electron chi connectivity index (χ4n) is 3.21. The van der Waals surface area contributed by atoms with Gasteiger partial charge in [0.1, 0.15) is 23.7 Å². The van der Waals surface area contributed by atoms with Crippen LogP contribution < -0.4 is 11.0 Å². The summed E-state index contributed by atoms with van der Waals surface area (Å²) in [6.07, 6.45) is -0.378. The number of esters is 1. The molecule has 3 atom stereocenters. The van der Waals surface area contributed by atoms with Crippen LogP contribution in [0.4, 0.5) is 5.82 Å². The van der Waals surface area contributed by atoms with Crippen LogP contribution in [0.2, 0.25) is 0 Å². The number of hydrogen-bond donors (Lipinski definition) is 2. The Kier molecular flexibility index (Phi) is 7.27. The van der Waals surface area contributed by atoms with Crippen molar-refractivity contribution in [1.29, 1.82) is 0 Å². The Morgan fingerprint density at radius 2 is 1.97 bits per heavy atom. The van der Waals surface area contributed by atoms with E-state index in [2.05, 4.69) is 10.3 Å². The number of ether oxygens (including phenoxy) is 2. The molecule has 2 N–H and O–H groups in total. The molecule has 164 valence electrons. The van der Waals surface area contributed by atoms with Gasteiger partial charge in [0.25, 0.3) is 5.91 Å². The molecule has 1 unspecified atom stereocenters. The molecule has 1 saturated heterocycles. The van der Waals surface area contributed by atoms with E-state index in [1.165, 1.54) is 23.8 Å². The van der Waals surface area contributed by atoms with Crippen LogP contribution in [0.3, 0.4) is 0 Å². The minimum absolute atomic E-state index is 0.0210. The van der Waals surface area contributed by atoms with Crippen LogP contribution in [-0.4, -0.2) is 57.7 Å². The Morgan fingerprint density at radius 3 is 2.61 bits per heavy atom. The summed E-state index contributed by atoms with van der Waals surface area (Å²) < 4.78 is 12.1. The van der Waals surface area contributed by atoms with E-state index in [1.807, 2.05) is 0 Å². The summed E-state index contributed by atoms with van der Waals surface area (Å²) in [5.41, 5.74) is -0.260. The average Bonchev–Trinajstić information content (AvgIpc) is 3.15. The van der Waals surface area contributed by atoms with E-state index in [4.69, 9.17) is 9.47 Å². The number of amides is 1. The number of Topliss-reactive ketones (excluding diaryl/α,β-unsaturated/α-hetero) is 1. The topological polar surface area (TPSA) is 137 Å². The molecule has 31 heavy (non-hydrogen) atoms. The van der Waals surface area contributed by atoms with Crippen LogP contribution in [0.15, 0.2) is 47.4 Å². The summed E-state index contributed by atoms with van der Waals surface area (Å²) in [6.45, 7) is 0.983. The van der Waals surface area contributed by atoms with Crippen molar-refractivity contribution >= 4 is 23.5 Å². The van der Waals surface area contributed by atoms with Crippen LogP contribution in [0, 0.1) is 0 Å². The van der Waals surface area contributed by atoms with Gasteiger partial charge >= 0.3 is 11.7 Å². The molecule has 0 bridgehead atoms. The molecular weight excluding hydrogens is 406 g/mol. The van der Waals surface area contributed by atoms with Crippen LogP contribution in [0.1, 0.15) is 36.2 Å². The summed E-state index contributed by atoms with van der Waals surface area (Å²) in [4.78, 5) is 51.9. The van der Waals surface area contributed by atoms with Crippen molar-refractivity contribution in [2.45, 2.75) is 38.0 Å². The van der Waals surface area contributed by atoms with Crippen LogP contribution in [0.25, 0.3) is 0 Å². The van der Waals surface area contributed by atoms with E-state index in [0.29, 0.717) is 5.56 Å². The van der Waals surface area contributed by atoms with Gasteiger partial charge < -0.3 is 24.7 Å².